The van der Waals surface area contributed by atoms with Crippen LogP contribution in [0.5, 0.6) is 17.2 Å². The van der Waals surface area contributed by atoms with E-state index in [-0.39, 0.29) is 24.6 Å². The summed E-state index contributed by atoms with van der Waals surface area (Å²) in [6.07, 6.45) is 1.53. The van der Waals surface area contributed by atoms with Gasteiger partial charge in [-0.2, -0.15) is 0 Å². The molecule has 0 aliphatic carbocycles. The molecule has 1 fully saturated rings. The van der Waals surface area contributed by atoms with Crippen molar-refractivity contribution >= 4 is 34.2 Å². The zero-order chi connectivity index (χ0) is 28.3. The predicted octanol–water partition coefficient (Wildman–Crippen LogP) is 6.21. The van der Waals surface area contributed by atoms with E-state index in [0.717, 1.165) is 16.5 Å². The lowest BCUT2D eigenvalue weighted by Gasteiger charge is -2.18. The van der Waals surface area contributed by atoms with Gasteiger partial charge < -0.3 is 14.6 Å². The van der Waals surface area contributed by atoms with Gasteiger partial charge in [0.05, 0.1) is 17.8 Å². The number of hydrogen-bond donors (Lipinski definition) is 1. The molecule has 1 aromatic heterocycles. The van der Waals surface area contributed by atoms with Gasteiger partial charge >= 0.3 is 6.03 Å². The minimum atomic E-state index is -0.753. The molecule has 1 aliphatic rings. The van der Waals surface area contributed by atoms with Crippen molar-refractivity contribution in [3.63, 3.8) is 0 Å². The molecule has 4 aromatic carbocycles. The topological polar surface area (TPSA) is 92.2 Å². The van der Waals surface area contributed by atoms with E-state index in [4.69, 9.17) is 9.47 Å². The number of imide groups is 1. The van der Waals surface area contributed by atoms with Crippen LogP contribution in [0.2, 0.25) is 0 Å². The zero-order valence-corrected chi connectivity index (χ0v) is 21.7. The first-order chi connectivity index (χ1) is 20.0. The standard InChI is InChI=1S/C32H24FN3O5/c33-26-16-24(36-31(38)18-35(32(36)39)23-9-5-2-6-10-23)11-12-29(26)41-28-13-14-34-27-17-30(22(19-37)15-25(27)28)40-20-21-7-3-1-4-8-21/h1-17,37H,18-20H2. The van der Waals surface area contributed by atoms with E-state index in [0.29, 0.717) is 40.3 Å². The Kier molecular flexibility index (Phi) is 7.01. The molecule has 2 heterocycles. The number of pyridine rings is 1. The first-order valence-electron chi connectivity index (χ1n) is 12.9. The van der Waals surface area contributed by atoms with Gasteiger partial charge in [-0.05, 0) is 42.0 Å². The van der Waals surface area contributed by atoms with E-state index in [1.165, 1.54) is 23.2 Å². The number of hydrogen-bond acceptors (Lipinski definition) is 6. The summed E-state index contributed by atoms with van der Waals surface area (Å²) >= 11 is 0. The number of carbonyl (C=O) groups is 2. The maximum absolute atomic E-state index is 15.3. The number of amides is 3. The van der Waals surface area contributed by atoms with Gasteiger partial charge in [-0.3, -0.25) is 14.7 Å². The minimum absolute atomic E-state index is 0.102. The van der Waals surface area contributed by atoms with Crippen molar-refractivity contribution in [3.8, 4) is 17.2 Å². The SMILES string of the molecule is O=C1CN(c2ccccc2)C(=O)N1c1ccc(Oc2ccnc3cc(OCc4ccccc4)c(CO)cc23)c(F)c1. The lowest BCUT2D eigenvalue weighted by atomic mass is 10.1. The number of halogens is 1. The van der Waals surface area contributed by atoms with Crippen LogP contribution < -0.4 is 19.3 Å². The molecular formula is C32H24FN3O5. The first-order valence-corrected chi connectivity index (χ1v) is 12.9. The number of rotatable bonds is 8. The smallest absolute Gasteiger partial charge is 0.336 e. The zero-order valence-electron chi connectivity index (χ0n) is 21.7. The van der Waals surface area contributed by atoms with Gasteiger partial charge in [-0.15, -0.1) is 0 Å². The number of carbonyl (C=O) groups excluding carboxylic acids is 2. The molecule has 1 N–H and O–H groups in total. The van der Waals surface area contributed by atoms with E-state index in [9.17, 15) is 14.7 Å². The summed E-state index contributed by atoms with van der Waals surface area (Å²) in [5.74, 6) is -0.524. The van der Waals surface area contributed by atoms with Gasteiger partial charge in [0, 0.05) is 35.0 Å². The van der Waals surface area contributed by atoms with Crippen molar-refractivity contribution in [3.05, 3.63) is 120 Å². The highest BCUT2D eigenvalue weighted by Gasteiger charge is 2.38. The largest absolute Gasteiger partial charge is 0.488 e. The van der Waals surface area contributed by atoms with Crippen molar-refractivity contribution in [2.45, 2.75) is 13.2 Å². The van der Waals surface area contributed by atoms with Gasteiger partial charge in [0.15, 0.2) is 11.6 Å². The van der Waals surface area contributed by atoms with E-state index < -0.39 is 17.8 Å². The molecule has 5 aromatic rings. The second kappa shape index (κ2) is 11.1. The number of aliphatic hydroxyl groups is 1. The molecule has 0 atom stereocenters. The predicted molar refractivity (Wildman–Crippen MR) is 152 cm³/mol. The number of aliphatic hydroxyl groups excluding tert-OH is 1. The second-order valence-corrected chi connectivity index (χ2v) is 9.37. The molecule has 41 heavy (non-hydrogen) atoms. The van der Waals surface area contributed by atoms with Crippen molar-refractivity contribution in [1.29, 1.82) is 0 Å². The van der Waals surface area contributed by atoms with Crippen molar-refractivity contribution < 1.29 is 28.6 Å². The van der Waals surface area contributed by atoms with Crippen molar-refractivity contribution in [2.75, 3.05) is 16.3 Å². The Bertz CT molecular complexity index is 1750. The number of ether oxygens (including phenoxy) is 2. The van der Waals surface area contributed by atoms with E-state index in [1.807, 2.05) is 36.4 Å². The average Bonchev–Trinajstić information content (AvgIpc) is 3.31. The van der Waals surface area contributed by atoms with Crippen LogP contribution in [0, 0.1) is 5.82 Å². The molecule has 6 rings (SSSR count). The van der Waals surface area contributed by atoms with Crippen LogP contribution in [0.25, 0.3) is 10.9 Å². The van der Waals surface area contributed by atoms with Crippen LogP contribution in [-0.2, 0) is 18.0 Å². The Labute approximate surface area is 234 Å². The number of nitrogens with zero attached hydrogens (tertiary/aromatic N) is 3. The summed E-state index contributed by atoms with van der Waals surface area (Å²) in [6, 6.07) is 26.8. The third-order valence-corrected chi connectivity index (χ3v) is 6.72. The molecule has 204 valence electrons. The number of para-hydroxylation sites is 1. The van der Waals surface area contributed by atoms with Crippen LogP contribution >= 0.6 is 0 Å². The fourth-order valence-corrected chi connectivity index (χ4v) is 4.67. The monoisotopic (exact) mass is 549 g/mol. The molecule has 1 saturated heterocycles. The summed E-state index contributed by atoms with van der Waals surface area (Å²) in [5.41, 5.74) is 2.72. The van der Waals surface area contributed by atoms with E-state index >= 15 is 4.39 Å². The first kappa shape index (κ1) is 26.0. The highest BCUT2D eigenvalue weighted by atomic mass is 19.1. The normalized spacial score (nSPS) is 13.2. The van der Waals surface area contributed by atoms with Gasteiger partial charge in [0.2, 0.25) is 0 Å². The van der Waals surface area contributed by atoms with Gasteiger partial charge in [0.1, 0.15) is 24.7 Å². The third kappa shape index (κ3) is 5.18. The molecule has 9 heteroatoms. The quantitative estimate of drug-likeness (QED) is 0.231. The lowest BCUT2D eigenvalue weighted by molar-refractivity contribution is -0.115. The number of urea groups is 1. The fraction of sp³-hybridized carbons (Fsp3) is 0.0938. The van der Waals surface area contributed by atoms with Crippen LogP contribution in [0.1, 0.15) is 11.1 Å². The number of fused-ring (bicyclic) bond motifs is 1. The maximum atomic E-state index is 15.3. The molecule has 8 nitrogen and oxygen atoms in total. The van der Waals surface area contributed by atoms with Crippen LogP contribution in [0.15, 0.2) is 103 Å². The lowest BCUT2D eigenvalue weighted by Crippen LogP contribution is -2.33. The van der Waals surface area contributed by atoms with Crippen molar-refractivity contribution in [2.24, 2.45) is 0 Å². The second-order valence-electron chi connectivity index (χ2n) is 9.37. The number of benzene rings is 4. The maximum Gasteiger partial charge on any atom is 0.336 e. The van der Waals surface area contributed by atoms with Gasteiger partial charge in [-0.1, -0.05) is 48.5 Å². The van der Waals surface area contributed by atoms with E-state index in [2.05, 4.69) is 4.98 Å². The Morgan fingerprint density at radius 2 is 1.59 bits per heavy atom. The molecule has 0 spiro atoms. The molecule has 0 radical (unpaired) electrons. The average molecular weight is 550 g/mol. The van der Waals surface area contributed by atoms with E-state index in [1.54, 1.807) is 42.5 Å². The summed E-state index contributed by atoms with van der Waals surface area (Å²) in [7, 11) is 0. The molecule has 0 saturated carbocycles. The van der Waals surface area contributed by atoms with Crippen LogP contribution in [-0.4, -0.2) is 28.6 Å². The molecular weight excluding hydrogens is 525 g/mol. The van der Waals surface area contributed by atoms with Crippen LogP contribution in [0.3, 0.4) is 0 Å². The molecule has 0 bridgehead atoms. The third-order valence-electron chi connectivity index (χ3n) is 6.72. The van der Waals surface area contributed by atoms with Crippen molar-refractivity contribution in [1.82, 2.24) is 4.98 Å². The molecule has 0 unspecified atom stereocenters. The number of aromatic nitrogens is 1. The highest BCUT2D eigenvalue weighted by molar-refractivity contribution is 6.26. The Morgan fingerprint density at radius 3 is 2.32 bits per heavy atom. The van der Waals surface area contributed by atoms with Gasteiger partial charge in [0.25, 0.3) is 5.91 Å². The summed E-state index contributed by atoms with van der Waals surface area (Å²) in [4.78, 5) is 32.4. The van der Waals surface area contributed by atoms with Crippen LogP contribution in [0.4, 0.5) is 20.6 Å². The Balaban J connectivity index is 1.24. The summed E-state index contributed by atoms with van der Waals surface area (Å²) in [6.45, 7) is -0.108. The van der Waals surface area contributed by atoms with Gasteiger partial charge in [-0.25, -0.2) is 14.1 Å². The fourth-order valence-electron chi connectivity index (χ4n) is 4.67. The molecule has 3 amide bonds. The Hall–Kier alpha value is -5.28. The number of anilines is 2. The summed E-state index contributed by atoms with van der Waals surface area (Å²) < 4.78 is 27.1. The molecule has 1 aliphatic heterocycles. The Morgan fingerprint density at radius 1 is 0.829 bits per heavy atom. The summed E-state index contributed by atoms with van der Waals surface area (Å²) in [5, 5.41) is 10.6. The highest BCUT2D eigenvalue weighted by Crippen LogP contribution is 2.36. The minimum Gasteiger partial charge on any atom is -0.488 e.